The zero-order chi connectivity index (χ0) is 20.0. The Morgan fingerprint density at radius 1 is 1.22 bits per heavy atom. The minimum Gasteiger partial charge on any atom is -0.325 e. The summed E-state index contributed by atoms with van der Waals surface area (Å²) in [7, 11) is -3.69. The Labute approximate surface area is 160 Å². The van der Waals surface area contributed by atoms with Gasteiger partial charge in [0.1, 0.15) is 6.54 Å². The fraction of sp³-hybridized carbons (Fsp3) is 0.300. The molecule has 0 aromatic heterocycles. The third kappa shape index (κ3) is 5.56. The van der Waals surface area contributed by atoms with Crippen molar-refractivity contribution in [3.8, 4) is 6.07 Å². The third-order valence-electron chi connectivity index (χ3n) is 4.33. The van der Waals surface area contributed by atoms with E-state index in [2.05, 4.69) is 19.2 Å². The highest BCUT2D eigenvalue weighted by molar-refractivity contribution is 7.92. The quantitative estimate of drug-likeness (QED) is 0.790. The maximum atomic E-state index is 12.4. The lowest BCUT2D eigenvalue weighted by Gasteiger charge is -2.22. The van der Waals surface area contributed by atoms with Crippen LogP contribution in [0.3, 0.4) is 0 Å². The molecule has 142 valence electrons. The fourth-order valence-electron chi connectivity index (χ4n) is 2.59. The van der Waals surface area contributed by atoms with Crippen LogP contribution in [0.25, 0.3) is 0 Å². The molecule has 1 atom stereocenters. The van der Waals surface area contributed by atoms with Crippen LogP contribution in [-0.4, -0.2) is 27.1 Å². The fourth-order valence-corrected chi connectivity index (χ4v) is 3.44. The van der Waals surface area contributed by atoms with Crippen molar-refractivity contribution in [1.29, 1.82) is 5.26 Å². The number of nitrogens with one attached hydrogen (secondary N) is 1. The van der Waals surface area contributed by atoms with Crippen LogP contribution in [0.4, 0.5) is 11.4 Å². The summed E-state index contributed by atoms with van der Waals surface area (Å²) in [6.45, 7) is 3.87. The van der Waals surface area contributed by atoms with E-state index in [4.69, 9.17) is 5.26 Å². The predicted octanol–water partition coefficient (Wildman–Crippen LogP) is 3.48. The van der Waals surface area contributed by atoms with E-state index in [-0.39, 0.29) is 12.2 Å². The Balaban J connectivity index is 2.16. The molecule has 0 unspecified atom stereocenters. The van der Waals surface area contributed by atoms with E-state index >= 15 is 0 Å². The Bertz CT molecular complexity index is 947. The molecule has 0 bridgehead atoms. The molecule has 6 nitrogen and oxygen atoms in total. The summed E-state index contributed by atoms with van der Waals surface area (Å²) in [4.78, 5) is 12.4. The lowest BCUT2D eigenvalue weighted by molar-refractivity contribution is -0.114. The predicted molar refractivity (Wildman–Crippen MR) is 107 cm³/mol. The second-order valence-electron chi connectivity index (χ2n) is 6.41. The van der Waals surface area contributed by atoms with E-state index in [1.54, 1.807) is 30.3 Å². The normalized spacial score (nSPS) is 12.1. The highest BCUT2D eigenvalue weighted by Gasteiger charge is 2.21. The van der Waals surface area contributed by atoms with Crippen molar-refractivity contribution in [2.45, 2.75) is 26.2 Å². The second kappa shape index (κ2) is 8.69. The summed E-state index contributed by atoms with van der Waals surface area (Å²) in [6.07, 6.45) is 2.05. The maximum Gasteiger partial charge on any atom is 0.245 e. The summed E-state index contributed by atoms with van der Waals surface area (Å²) in [5, 5.41) is 11.7. The van der Waals surface area contributed by atoms with Crippen LogP contribution in [0.15, 0.2) is 48.5 Å². The number of hydrogen-bond acceptors (Lipinski definition) is 4. The molecular formula is C20H23N3O3S. The van der Waals surface area contributed by atoms with Crippen LogP contribution in [0.5, 0.6) is 0 Å². The van der Waals surface area contributed by atoms with Gasteiger partial charge in [-0.2, -0.15) is 5.26 Å². The average molecular weight is 385 g/mol. The zero-order valence-electron chi connectivity index (χ0n) is 15.6. The summed E-state index contributed by atoms with van der Waals surface area (Å²) in [5.41, 5.74) is 2.38. The number of anilines is 2. The molecule has 0 spiro atoms. The molecule has 0 aliphatic heterocycles. The first-order chi connectivity index (χ1) is 12.7. The van der Waals surface area contributed by atoms with E-state index in [9.17, 15) is 13.2 Å². The first-order valence-electron chi connectivity index (χ1n) is 8.62. The Morgan fingerprint density at radius 3 is 2.44 bits per heavy atom. The van der Waals surface area contributed by atoms with Gasteiger partial charge in [0.2, 0.25) is 15.9 Å². The average Bonchev–Trinajstić information content (AvgIpc) is 2.65. The van der Waals surface area contributed by atoms with Crippen LogP contribution in [0.2, 0.25) is 0 Å². The molecule has 2 rings (SSSR count). The van der Waals surface area contributed by atoms with Gasteiger partial charge >= 0.3 is 0 Å². The molecular weight excluding hydrogens is 362 g/mol. The number of carbonyl (C=O) groups is 1. The third-order valence-corrected chi connectivity index (χ3v) is 5.47. The van der Waals surface area contributed by atoms with Gasteiger partial charge in [0.25, 0.3) is 0 Å². The van der Waals surface area contributed by atoms with Crippen LogP contribution in [-0.2, 0) is 14.8 Å². The molecule has 0 fully saturated rings. The lowest BCUT2D eigenvalue weighted by Crippen LogP contribution is -2.37. The smallest absolute Gasteiger partial charge is 0.245 e. The van der Waals surface area contributed by atoms with Crippen LogP contribution in [0.1, 0.15) is 37.3 Å². The van der Waals surface area contributed by atoms with E-state index in [1.807, 2.05) is 18.2 Å². The number of benzene rings is 2. The standard InChI is InChI=1S/C20H23N3O3S/c1-4-15(2)17-8-10-18(11-9-17)22-20(24)14-23(27(3,25)26)19-7-5-6-16(12-19)13-21/h5-12,15H,4,14H2,1-3H3,(H,22,24)/t15-/m0/s1. The summed E-state index contributed by atoms with van der Waals surface area (Å²) in [5.74, 6) is -0.0260. The van der Waals surface area contributed by atoms with Gasteiger partial charge in [-0.05, 0) is 48.2 Å². The van der Waals surface area contributed by atoms with Gasteiger partial charge in [-0.1, -0.05) is 32.0 Å². The van der Waals surface area contributed by atoms with Gasteiger partial charge in [0.15, 0.2) is 0 Å². The molecule has 2 aromatic carbocycles. The van der Waals surface area contributed by atoms with Crippen molar-refractivity contribution in [1.82, 2.24) is 0 Å². The summed E-state index contributed by atoms with van der Waals surface area (Å²) < 4.78 is 25.3. The van der Waals surface area contributed by atoms with E-state index < -0.39 is 15.9 Å². The maximum absolute atomic E-state index is 12.4. The number of sulfonamides is 1. The van der Waals surface area contributed by atoms with E-state index in [0.717, 1.165) is 17.0 Å². The number of hydrogen-bond donors (Lipinski definition) is 1. The molecule has 0 aliphatic carbocycles. The van der Waals surface area contributed by atoms with Gasteiger partial charge in [0, 0.05) is 5.69 Å². The molecule has 0 heterocycles. The van der Waals surface area contributed by atoms with Gasteiger partial charge < -0.3 is 5.32 Å². The highest BCUT2D eigenvalue weighted by atomic mass is 32.2. The molecule has 1 amide bonds. The van der Waals surface area contributed by atoms with Gasteiger partial charge in [-0.3, -0.25) is 9.10 Å². The lowest BCUT2D eigenvalue weighted by atomic mass is 9.99. The van der Waals surface area contributed by atoms with Crippen molar-refractivity contribution >= 4 is 27.3 Å². The largest absolute Gasteiger partial charge is 0.325 e. The van der Waals surface area contributed by atoms with Crippen molar-refractivity contribution in [2.24, 2.45) is 0 Å². The molecule has 7 heteroatoms. The van der Waals surface area contributed by atoms with Crippen molar-refractivity contribution in [2.75, 3.05) is 22.4 Å². The first kappa shape index (κ1) is 20.5. The SMILES string of the molecule is CC[C@H](C)c1ccc(NC(=O)CN(c2cccc(C#N)c2)S(C)(=O)=O)cc1. The molecule has 2 aromatic rings. The van der Waals surface area contributed by atoms with Gasteiger partial charge in [0.05, 0.1) is 23.6 Å². The minimum atomic E-state index is -3.69. The number of nitriles is 1. The highest BCUT2D eigenvalue weighted by Crippen LogP contribution is 2.21. The Kier molecular flexibility index (Phi) is 6.59. The molecule has 0 saturated heterocycles. The minimum absolute atomic E-state index is 0.277. The van der Waals surface area contributed by atoms with Crippen LogP contribution >= 0.6 is 0 Å². The van der Waals surface area contributed by atoms with E-state index in [0.29, 0.717) is 17.2 Å². The molecule has 27 heavy (non-hydrogen) atoms. The molecule has 0 saturated carbocycles. The number of nitrogens with zero attached hydrogens (tertiary/aromatic N) is 2. The van der Waals surface area contributed by atoms with E-state index in [1.165, 1.54) is 11.6 Å². The number of carbonyl (C=O) groups excluding carboxylic acids is 1. The molecule has 0 radical (unpaired) electrons. The zero-order valence-corrected chi connectivity index (χ0v) is 16.5. The monoisotopic (exact) mass is 385 g/mol. The van der Waals surface area contributed by atoms with Gasteiger partial charge in [-0.15, -0.1) is 0 Å². The van der Waals surface area contributed by atoms with Gasteiger partial charge in [-0.25, -0.2) is 8.42 Å². The molecule has 1 N–H and O–H groups in total. The summed E-state index contributed by atoms with van der Waals surface area (Å²) >= 11 is 0. The second-order valence-corrected chi connectivity index (χ2v) is 8.32. The number of amides is 1. The Hall–Kier alpha value is -2.85. The van der Waals surface area contributed by atoms with Crippen LogP contribution in [0, 0.1) is 11.3 Å². The number of rotatable bonds is 7. The summed E-state index contributed by atoms with van der Waals surface area (Å²) in [6, 6.07) is 15.6. The van der Waals surface area contributed by atoms with Crippen LogP contribution < -0.4 is 9.62 Å². The topological polar surface area (TPSA) is 90.3 Å². The Morgan fingerprint density at radius 2 is 1.89 bits per heavy atom. The van der Waals surface area contributed by atoms with Crippen molar-refractivity contribution < 1.29 is 13.2 Å². The molecule has 0 aliphatic rings. The van der Waals surface area contributed by atoms with Crippen molar-refractivity contribution in [3.63, 3.8) is 0 Å². The van der Waals surface area contributed by atoms with Crippen molar-refractivity contribution in [3.05, 3.63) is 59.7 Å². The first-order valence-corrected chi connectivity index (χ1v) is 10.5.